The molecule has 9 nitrogen and oxygen atoms in total. The summed E-state index contributed by atoms with van der Waals surface area (Å²) in [6.45, 7) is 5.90. The SMILES string of the molecule is CC(CN1CCOCC1)Nc1nc(NN)ccc1[N+](=O)[O-]. The first kappa shape index (κ1) is 15.4. The number of nitro groups is 1. The second kappa shape index (κ2) is 7.16. The molecule has 1 unspecified atom stereocenters. The molecule has 116 valence electrons. The van der Waals surface area contributed by atoms with E-state index >= 15 is 0 Å². The van der Waals surface area contributed by atoms with E-state index in [1.165, 1.54) is 12.1 Å². The van der Waals surface area contributed by atoms with Crippen molar-refractivity contribution in [3.8, 4) is 0 Å². The molecule has 0 spiro atoms. The van der Waals surface area contributed by atoms with Gasteiger partial charge in [-0.25, -0.2) is 10.8 Å². The van der Waals surface area contributed by atoms with Crippen LogP contribution in [-0.2, 0) is 4.74 Å². The number of hydrazine groups is 1. The average molecular weight is 296 g/mol. The predicted molar refractivity (Wildman–Crippen MR) is 79.0 cm³/mol. The molecule has 1 aliphatic heterocycles. The molecule has 1 fully saturated rings. The van der Waals surface area contributed by atoms with E-state index in [9.17, 15) is 10.1 Å². The van der Waals surface area contributed by atoms with Gasteiger partial charge >= 0.3 is 5.69 Å². The van der Waals surface area contributed by atoms with Crippen LogP contribution in [-0.4, -0.2) is 53.7 Å². The monoisotopic (exact) mass is 296 g/mol. The van der Waals surface area contributed by atoms with Crippen LogP contribution in [0.15, 0.2) is 12.1 Å². The van der Waals surface area contributed by atoms with Crippen molar-refractivity contribution in [1.29, 1.82) is 0 Å². The second-order valence-corrected chi connectivity index (χ2v) is 4.92. The number of nitrogens with two attached hydrogens (primary N) is 1. The van der Waals surface area contributed by atoms with E-state index in [4.69, 9.17) is 10.6 Å². The molecule has 1 aliphatic rings. The van der Waals surface area contributed by atoms with Crippen molar-refractivity contribution in [3.63, 3.8) is 0 Å². The Morgan fingerprint density at radius 1 is 1.52 bits per heavy atom. The van der Waals surface area contributed by atoms with Crippen LogP contribution in [0.4, 0.5) is 17.3 Å². The molecule has 0 amide bonds. The molecule has 1 aromatic rings. The highest BCUT2D eigenvalue weighted by molar-refractivity contribution is 5.60. The normalized spacial score (nSPS) is 17.2. The van der Waals surface area contributed by atoms with Crippen molar-refractivity contribution >= 4 is 17.3 Å². The lowest BCUT2D eigenvalue weighted by atomic mass is 10.2. The number of anilines is 2. The van der Waals surface area contributed by atoms with Gasteiger partial charge in [-0.15, -0.1) is 0 Å². The van der Waals surface area contributed by atoms with Gasteiger partial charge in [0, 0.05) is 31.7 Å². The average Bonchev–Trinajstić information content (AvgIpc) is 2.47. The third kappa shape index (κ3) is 4.25. The maximum Gasteiger partial charge on any atom is 0.311 e. The largest absolute Gasteiger partial charge is 0.379 e. The van der Waals surface area contributed by atoms with Crippen LogP contribution in [0, 0.1) is 10.1 Å². The fourth-order valence-corrected chi connectivity index (χ4v) is 2.24. The lowest BCUT2D eigenvalue weighted by Gasteiger charge is -2.29. The summed E-state index contributed by atoms with van der Waals surface area (Å²) in [4.78, 5) is 16.9. The van der Waals surface area contributed by atoms with E-state index in [-0.39, 0.29) is 17.5 Å². The van der Waals surface area contributed by atoms with Gasteiger partial charge in [0.05, 0.1) is 18.1 Å². The van der Waals surface area contributed by atoms with Crippen molar-refractivity contribution in [1.82, 2.24) is 9.88 Å². The molecule has 0 radical (unpaired) electrons. The third-order valence-corrected chi connectivity index (χ3v) is 3.24. The Morgan fingerprint density at radius 2 is 2.24 bits per heavy atom. The minimum atomic E-state index is -0.461. The van der Waals surface area contributed by atoms with E-state index in [1.807, 2.05) is 6.92 Å². The molecule has 0 aromatic carbocycles. The number of morpholine rings is 1. The predicted octanol–water partition coefficient (Wildman–Crippen LogP) is 0.408. The van der Waals surface area contributed by atoms with E-state index in [0.29, 0.717) is 5.82 Å². The van der Waals surface area contributed by atoms with Crippen LogP contribution >= 0.6 is 0 Å². The molecule has 4 N–H and O–H groups in total. The summed E-state index contributed by atoms with van der Waals surface area (Å²) in [6.07, 6.45) is 0. The Hall–Kier alpha value is -1.97. The van der Waals surface area contributed by atoms with Crippen LogP contribution < -0.4 is 16.6 Å². The maximum absolute atomic E-state index is 11.0. The van der Waals surface area contributed by atoms with E-state index in [2.05, 4.69) is 20.6 Å². The zero-order valence-corrected chi connectivity index (χ0v) is 11.9. The fraction of sp³-hybridized carbons (Fsp3) is 0.583. The van der Waals surface area contributed by atoms with Gasteiger partial charge in [0.15, 0.2) is 0 Å². The smallest absolute Gasteiger partial charge is 0.311 e. The summed E-state index contributed by atoms with van der Waals surface area (Å²) in [6, 6.07) is 2.87. The van der Waals surface area contributed by atoms with Crippen molar-refractivity contribution in [2.45, 2.75) is 13.0 Å². The molecule has 21 heavy (non-hydrogen) atoms. The number of nitrogen functional groups attached to an aromatic ring is 1. The molecule has 0 aliphatic carbocycles. The lowest BCUT2D eigenvalue weighted by Crippen LogP contribution is -2.42. The first-order valence-electron chi connectivity index (χ1n) is 6.79. The van der Waals surface area contributed by atoms with E-state index < -0.39 is 4.92 Å². The van der Waals surface area contributed by atoms with Crippen molar-refractivity contribution in [2.75, 3.05) is 43.6 Å². The molecule has 1 saturated heterocycles. The summed E-state index contributed by atoms with van der Waals surface area (Å²) >= 11 is 0. The molecular formula is C12H20N6O3. The highest BCUT2D eigenvalue weighted by Crippen LogP contribution is 2.24. The molecule has 1 atom stereocenters. The highest BCUT2D eigenvalue weighted by atomic mass is 16.6. The van der Waals surface area contributed by atoms with Gasteiger partial charge in [0.25, 0.3) is 0 Å². The van der Waals surface area contributed by atoms with Crippen molar-refractivity contribution < 1.29 is 9.66 Å². The summed E-state index contributed by atoms with van der Waals surface area (Å²) < 4.78 is 5.29. The van der Waals surface area contributed by atoms with Crippen LogP contribution in [0.3, 0.4) is 0 Å². The van der Waals surface area contributed by atoms with Gasteiger partial charge in [0.2, 0.25) is 5.82 Å². The van der Waals surface area contributed by atoms with Crippen molar-refractivity contribution in [3.05, 3.63) is 22.2 Å². The van der Waals surface area contributed by atoms with Gasteiger partial charge in [-0.1, -0.05) is 0 Å². The fourth-order valence-electron chi connectivity index (χ4n) is 2.24. The zero-order valence-electron chi connectivity index (χ0n) is 11.9. The minimum Gasteiger partial charge on any atom is -0.379 e. The number of ether oxygens (including phenoxy) is 1. The molecule has 9 heteroatoms. The number of aromatic nitrogens is 1. The van der Waals surface area contributed by atoms with Crippen molar-refractivity contribution in [2.24, 2.45) is 5.84 Å². The zero-order chi connectivity index (χ0) is 15.2. The topological polar surface area (TPSA) is 119 Å². The summed E-state index contributed by atoms with van der Waals surface area (Å²) in [5, 5.41) is 14.1. The maximum atomic E-state index is 11.0. The summed E-state index contributed by atoms with van der Waals surface area (Å²) in [7, 11) is 0. The Morgan fingerprint density at radius 3 is 2.86 bits per heavy atom. The number of pyridine rings is 1. The van der Waals surface area contributed by atoms with E-state index in [0.717, 1.165) is 32.8 Å². The van der Waals surface area contributed by atoms with Crippen LogP contribution in [0.1, 0.15) is 6.92 Å². The van der Waals surface area contributed by atoms with Gasteiger partial charge in [-0.3, -0.25) is 15.0 Å². The van der Waals surface area contributed by atoms with Gasteiger partial charge < -0.3 is 15.5 Å². The number of nitrogens with zero attached hydrogens (tertiary/aromatic N) is 3. The molecule has 0 saturated carbocycles. The Kier molecular flexibility index (Phi) is 5.26. The molecule has 1 aromatic heterocycles. The summed E-state index contributed by atoms with van der Waals surface area (Å²) in [5.74, 6) is 5.89. The standard InChI is InChI=1S/C12H20N6O3/c1-9(8-17-4-6-21-7-5-17)14-12-10(18(19)20)2-3-11(15-12)16-13/h2-3,9H,4-8,13H2,1H3,(H2,14,15,16). The Bertz CT molecular complexity index is 492. The number of hydrogen-bond donors (Lipinski definition) is 3. The van der Waals surface area contributed by atoms with E-state index in [1.54, 1.807) is 0 Å². The number of rotatable bonds is 6. The highest BCUT2D eigenvalue weighted by Gasteiger charge is 2.19. The molecule has 0 bridgehead atoms. The first-order valence-corrected chi connectivity index (χ1v) is 6.79. The van der Waals surface area contributed by atoms with Gasteiger partial charge in [-0.05, 0) is 13.0 Å². The molecule has 2 heterocycles. The minimum absolute atomic E-state index is 0.0160. The van der Waals surface area contributed by atoms with Crippen LogP contribution in [0.2, 0.25) is 0 Å². The molecule has 2 rings (SSSR count). The van der Waals surface area contributed by atoms with Crippen LogP contribution in [0.25, 0.3) is 0 Å². The first-order chi connectivity index (χ1) is 10.1. The second-order valence-electron chi connectivity index (χ2n) is 4.92. The Balaban J connectivity index is 2.04. The van der Waals surface area contributed by atoms with Crippen LogP contribution in [0.5, 0.6) is 0 Å². The number of nitrogens with one attached hydrogen (secondary N) is 2. The number of hydrogen-bond acceptors (Lipinski definition) is 8. The van der Waals surface area contributed by atoms with Gasteiger partial charge in [0.1, 0.15) is 5.82 Å². The van der Waals surface area contributed by atoms with Gasteiger partial charge in [-0.2, -0.15) is 0 Å². The third-order valence-electron chi connectivity index (χ3n) is 3.24. The quantitative estimate of drug-likeness (QED) is 0.392. The lowest BCUT2D eigenvalue weighted by molar-refractivity contribution is -0.384. The molecular weight excluding hydrogens is 276 g/mol. The Labute approximate surface area is 122 Å². The summed E-state index contributed by atoms with van der Waals surface area (Å²) in [5.41, 5.74) is 2.32.